The van der Waals surface area contributed by atoms with E-state index in [1.165, 1.54) is 58.8 Å². The van der Waals surface area contributed by atoms with E-state index in [1.807, 2.05) is 12.2 Å². The number of hydrogen-bond donors (Lipinski definition) is 1. The molecule has 1 aliphatic rings. The Bertz CT molecular complexity index is 487. The first kappa shape index (κ1) is 23.4. The van der Waals surface area contributed by atoms with Crippen LogP contribution in [0.5, 0.6) is 0 Å². The fourth-order valence-corrected chi connectivity index (χ4v) is 3.19. The monoisotopic (exact) mass is 379 g/mol. The molecule has 0 spiro atoms. The van der Waals surface area contributed by atoms with Gasteiger partial charge in [-0.1, -0.05) is 63.7 Å². The zero-order valence-corrected chi connectivity index (χ0v) is 17.2. The largest absolute Gasteiger partial charge is 0.464 e. The highest BCUT2D eigenvalue weighted by Gasteiger charge is 2.28. The summed E-state index contributed by atoms with van der Waals surface area (Å²) < 4.78 is 10.4. The topological polar surface area (TPSA) is 64.6 Å². The second-order valence-electron chi connectivity index (χ2n) is 7.26. The molecule has 0 aliphatic carbocycles. The molecule has 3 atom stereocenters. The molecule has 0 saturated heterocycles. The first-order valence-electron chi connectivity index (χ1n) is 10.4. The van der Waals surface area contributed by atoms with Crippen LogP contribution >= 0.6 is 0 Å². The van der Waals surface area contributed by atoms with Crippen molar-refractivity contribution in [1.29, 1.82) is 0 Å². The van der Waals surface area contributed by atoms with Gasteiger partial charge in [0.05, 0.1) is 6.04 Å². The van der Waals surface area contributed by atoms with Crippen molar-refractivity contribution in [2.24, 2.45) is 0 Å². The molecule has 5 nitrogen and oxygen atoms in total. The van der Waals surface area contributed by atoms with Crippen molar-refractivity contribution in [3.8, 4) is 0 Å². The van der Waals surface area contributed by atoms with E-state index < -0.39 is 6.10 Å². The standard InChI is InChI=1S/C22H37NO4/c1-4-5-6-7-8-9-10-11-12-13-14-20-15-16-22(27-19(3)25)21(23-20)17-26-18(2)24/h12-13,15-16,20-23H,4-11,14,17H2,1-3H3/b13-12+/t20-,21-,22+/m1/s1. The lowest BCUT2D eigenvalue weighted by atomic mass is 10.0. The number of carbonyl (C=O) groups excluding carboxylic acids is 2. The fourth-order valence-electron chi connectivity index (χ4n) is 3.19. The van der Waals surface area contributed by atoms with Crippen molar-refractivity contribution in [3.63, 3.8) is 0 Å². The minimum atomic E-state index is -0.408. The number of nitrogens with one attached hydrogen (secondary N) is 1. The van der Waals surface area contributed by atoms with Crippen molar-refractivity contribution >= 4 is 11.9 Å². The maximum absolute atomic E-state index is 11.2. The van der Waals surface area contributed by atoms with Crippen LogP contribution in [0.3, 0.4) is 0 Å². The van der Waals surface area contributed by atoms with Gasteiger partial charge in [0, 0.05) is 19.9 Å². The number of allylic oxidation sites excluding steroid dienone is 1. The summed E-state index contributed by atoms with van der Waals surface area (Å²) in [6.45, 7) is 5.20. The summed E-state index contributed by atoms with van der Waals surface area (Å²) >= 11 is 0. The Balaban J connectivity index is 2.29. The molecule has 1 aliphatic heterocycles. The number of unbranched alkanes of at least 4 members (excludes halogenated alkanes) is 7. The number of ether oxygens (including phenoxy) is 2. The molecular weight excluding hydrogens is 342 g/mol. The van der Waals surface area contributed by atoms with Crippen LogP contribution in [-0.4, -0.2) is 36.7 Å². The van der Waals surface area contributed by atoms with Gasteiger partial charge in [-0.05, 0) is 25.3 Å². The van der Waals surface area contributed by atoms with Gasteiger partial charge in [0.25, 0.3) is 0 Å². The van der Waals surface area contributed by atoms with Gasteiger partial charge in [-0.25, -0.2) is 0 Å². The van der Waals surface area contributed by atoms with Crippen molar-refractivity contribution in [1.82, 2.24) is 5.32 Å². The van der Waals surface area contributed by atoms with Gasteiger partial charge in [0.15, 0.2) is 0 Å². The minimum absolute atomic E-state index is 0.155. The Morgan fingerprint density at radius 3 is 2.33 bits per heavy atom. The second kappa shape index (κ2) is 14.4. The van der Waals surface area contributed by atoms with Gasteiger partial charge >= 0.3 is 11.9 Å². The van der Waals surface area contributed by atoms with E-state index >= 15 is 0 Å². The molecule has 0 aromatic heterocycles. The number of esters is 2. The predicted molar refractivity (Wildman–Crippen MR) is 108 cm³/mol. The van der Waals surface area contributed by atoms with E-state index in [0.717, 1.165) is 12.8 Å². The summed E-state index contributed by atoms with van der Waals surface area (Å²) in [6, 6.07) is -0.0630. The average Bonchev–Trinajstić information content (AvgIpc) is 2.62. The van der Waals surface area contributed by atoms with E-state index in [4.69, 9.17) is 9.47 Å². The number of carbonyl (C=O) groups is 2. The smallest absolute Gasteiger partial charge is 0.303 e. The Kier molecular flexibility index (Phi) is 12.5. The maximum atomic E-state index is 11.2. The van der Waals surface area contributed by atoms with Crippen LogP contribution in [0.4, 0.5) is 0 Å². The summed E-state index contributed by atoms with van der Waals surface area (Å²) in [7, 11) is 0. The van der Waals surface area contributed by atoms with E-state index in [9.17, 15) is 9.59 Å². The third-order valence-electron chi connectivity index (χ3n) is 4.66. The quantitative estimate of drug-likeness (QED) is 0.291. The van der Waals surface area contributed by atoms with E-state index in [0.29, 0.717) is 0 Å². The molecule has 1 heterocycles. The molecule has 154 valence electrons. The molecule has 0 aromatic carbocycles. The average molecular weight is 380 g/mol. The summed E-state index contributed by atoms with van der Waals surface area (Å²) in [4.78, 5) is 22.3. The van der Waals surface area contributed by atoms with Crippen LogP contribution < -0.4 is 5.32 Å². The number of hydrogen-bond acceptors (Lipinski definition) is 5. The van der Waals surface area contributed by atoms with Gasteiger partial charge in [-0.2, -0.15) is 0 Å². The van der Waals surface area contributed by atoms with E-state index in [-0.39, 0.29) is 30.6 Å². The van der Waals surface area contributed by atoms with Crippen LogP contribution in [0.2, 0.25) is 0 Å². The molecule has 0 bridgehead atoms. The van der Waals surface area contributed by atoms with Crippen LogP contribution in [0.1, 0.15) is 78.6 Å². The van der Waals surface area contributed by atoms with E-state index in [1.54, 1.807) is 0 Å². The van der Waals surface area contributed by atoms with Crippen LogP contribution in [0, 0.1) is 0 Å². The minimum Gasteiger partial charge on any atom is -0.464 e. The molecule has 0 saturated carbocycles. The first-order chi connectivity index (χ1) is 13.0. The Labute approximate surface area is 164 Å². The molecule has 27 heavy (non-hydrogen) atoms. The van der Waals surface area contributed by atoms with Crippen LogP contribution in [-0.2, 0) is 19.1 Å². The normalized spacial score (nSPS) is 22.1. The lowest BCUT2D eigenvalue weighted by Gasteiger charge is -2.32. The maximum Gasteiger partial charge on any atom is 0.303 e. The van der Waals surface area contributed by atoms with Gasteiger partial charge < -0.3 is 14.8 Å². The molecular formula is C22H37NO4. The van der Waals surface area contributed by atoms with E-state index in [2.05, 4.69) is 24.4 Å². The van der Waals surface area contributed by atoms with Crippen molar-refractivity contribution in [2.75, 3.05) is 6.61 Å². The fraction of sp³-hybridized carbons (Fsp3) is 0.727. The van der Waals surface area contributed by atoms with Crippen LogP contribution in [0.15, 0.2) is 24.3 Å². The van der Waals surface area contributed by atoms with Crippen molar-refractivity contribution in [3.05, 3.63) is 24.3 Å². The van der Waals surface area contributed by atoms with Gasteiger partial charge in [0.2, 0.25) is 0 Å². The summed E-state index contributed by atoms with van der Waals surface area (Å²) in [6.07, 6.45) is 19.2. The second-order valence-corrected chi connectivity index (χ2v) is 7.26. The first-order valence-corrected chi connectivity index (χ1v) is 10.4. The number of rotatable bonds is 13. The van der Waals surface area contributed by atoms with Gasteiger partial charge in [-0.15, -0.1) is 0 Å². The van der Waals surface area contributed by atoms with Crippen molar-refractivity contribution in [2.45, 2.75) is 96.7 Å². The van der Waals surface area contributed by atoms with Gasteiger partial charge in [-0.3, -0.25) is 9.59 Å². The highest BCUT2D eigenvalue weighted by atomic mass is 16.6. The zero-order valence-electron chi connectivity index (χ0n) is 17.2. The van der Waals surface area contributed by atoms with Gasteiger partial charge in [0.1, 0.15) is 12.7 Å². The molecule has 0 radical (unpaired) electrons. The summed E-state index contributed by atoms with van der Waals surface area (Å²) in [5, 5.41) is 3.40. The Hall–Kier alpha value is -1.62. The Morgan fingerprint density at radius 1 is 0.963 bits per heavy atom. The van der Waals surface area contributed by atoms with Crippen LogP contribution in [0.25, 0.3) is 0 Å². The van der Waals surface area contributed by atoms with Crippen molar-refractivity contribution < 1.29 is 19.1 Å². The predicted octanol–water partition coefficient (Wildman–Crippen LogP) is 4.46. The highest BCUT2D eigenvalue weighted by molar-refractivity contribution is 5.67. The third-order valence-corrected chi connectivity index (χ3v) is 4.66. The third kappa shape index (κ3) is 11.6. The molecule has 5 heteroatoms. The zero-order chi connectivity index (χ0) is 19.9. The Morgan fingerprint density at radius 2 is 1.67 bits per heavy atom. The molecule has 0 amide bonds. The summed E-state index contributed by atoms with van der Waals surface area (Å²) in [5.41, 5.74) is 0. The lowest BCUT2D eigenvalue weighted by Crippen LogP contribution is -2.51. The highest BCUT2D eigenvalue weighted by Crippen LogP contribution is 2.14. The molecule has 1 rings (SSSR count). The summed E-state index contributed by atoms with van der Waals surface area (Å²) in [5.74, 6) is -0.675. The molecule has 0 unspecified atom stereocenters. The molecule has 1 N–H and O–H groups in total. The lowest BCUT2D eigenvalue weighted by molar-refractivity contribution is -0.148. The SMILES string of the molecule is CCCCCCCCC/C=C/C[C@@H]1C=C[C@H](OC(C)=O)[C@@H](COC(C)=O)N1. The molecule has 0 aromatic rings. The molecule has 0 fully saturated rings.